The van der Waals surface area contributed by atoms with Crippen LogP contribution in [0.1, 0.15) is 54.9 Å². The van der Waals surface area contributed by atoms with E-state index >= 15 is 0 Å². The van der Waals surface area contributed by atoms with Crippen molar-refractivity contribution in [1.82, 2.24) is 0 Å². The predicted octanol–water partition coefficient (Wildman–Crippen LogP) is 9.54. The van der Waals surface area contributed by atoms with Crippen molar-refractivity contribution >= 4 is 13.1 Å². The molecule has 0 saturated carbocycles. The van der Waals surface area contributed by atoms with Crippen LogP contribution in [-0.2, 0) is 33.6 Å². The van der Waals surface area contributed by atoms with Crippen LogP contribution >= 0.6 is 0 Å². The van der Waals surface area contributed by atoms with Gasteiger partial charge in [-0.2, -0.15) is 0 Å². The van der Waals surface area contributed by atoms with Gasteiger partial charge in [-0.25, -0.2) is 0 Å². The molecule has 1 atom stereocenters. The number of hydrogen-bond acceptors (Lipinski definition) is 4. The molecule has 4 heteroatoms. The molecule has 5 rings (SSSR count). The highest BCUT2D eigenvalue weighted by atomic mass is 16.5. The molecule has 1 aliphatic rings. The molecule has 0 bridgehead atoms. The van der Waals surface area contributed by atoms with Crippen LogP contribution < -0.4 is 0 Å². The van der Waals surface area contributed by atoms with Crippen LogP contribution in [0, 0.1) is 0 Å². The van der Waals surface area contributed by atoms with Crippen molar-refractivity contribution in [2.75, 3.05) is 20.3 Å². The zero-order valence-electron chi connectivity index (χ0n) is 28.1. The predicted molar refractivity (Wildman–Crippen MR) is 197 cm³/mol. The van der Waals surface area contributed by atoms with E-state index in [-0.39, 0.29) is 12.2 Å². The molecule has 47 heavy (non-hydrogen) atoms. The summed E-state index contributed by atoms with van der Waals surface area (Å²) in [7, 11) is 1.77. The molecule has 0 fully saturated rings. The van der Waals surface area contributed by atoms with Gasteiger partial charge >= 0.3 is 0 Å². The van der Waals surface area contributed by atoms with Gasteiger partial charge in [0.1, 0.15) is 13.1 Å². The fourth-order valence-corrected chi connectivity index (χ4v) is 5.94. The summed E-state index contributed by atoms with van der Waals surface area (Å²) in [5.74, 6) is 0.352. The van der Waals surface area contributed by atoms with Crippen LogP contribution in [0.5, 0.6) is 0 Å². The lowest BCUT2D eigenvalue weighted by Gasteiger charge is -2.21. The minimum atomic E-state index is -0.233. The van der Waals surface area contributed by atoms with Gasteiger partial charge in [-0.1, -0.05) is 109 Å². The maximum Gasteiger partial charge on any atom is 0.147 e. The molecule has 0 aliphatic heterocycles. The number of aliphatic hydroxyl groups is 1. The minimum absolute atomic E-state index is 0.218. The summed E-state index contributed by atoms with van der Waals surface area (Å²) >= 11 is 0. The van der Waals surface area contributed by atoms with Crippen LogP contribution in [0.15, 0.2) is 121 Å². The Morgan fingerprint density at radius 1 is 0.830 bits per heavy atom. The van der Waals surface area contributed by atoms with E-state index in [1.807, 2.05) is 6.79 Å². The topological polar surface area (TPSA) is 63.6 Å². The molecule has 0 heterocycles. The van der Waals surface area contributed by atoms with Gasteiger partial charge in [0.05, 0.1) is 13.2 Å². The lowest BCUT2D eigenvalue weighted by molar-refractivity contribution is -0.105. The largest absolute Gasteiger partial charge is 0.392 e. The molecule has 244 valence electrons. The molecule has 0 spiro atoms. The highest BCUT2D eigenvalue weighted by Crippen LogP contribution is 2.37. The molecule has 0 saturated heterocycles. The molecule has 4 nitrogen and oxygen atoms in total. The minimum Gasteiger partial charge on any atom is -0.392 e. The van der Waals surface area contributed by atoms with E-state index in [9.17, 15) is 4.79 Å². The zero-order valence-corrected chi connectivity index (χ0v) is 28.1. The third kappa shape index (κ3) is 10.4. The van der Waals surface area contributed by atoms with Crippen molar-refractivity contribution in [2.24, 2.45) is 0 Å². The number of benzene rings is 4. The first kappa shape index (κ1) is 36.8. The number of methoxy groups -OCH3 is 1. The quantitative estimate of drug-likeness (QED) is 0.0964. The monoisotopic (exact) mass is 628 g/mol. The number of allylic oxidation sites excluding steroid dienone is 3. The van der Waals surface area contributed by atoms with Crippen LogP contribution in [0.25, 0.3) is 33.4 Å². The van der Waals surface area contributed by atoms with E-state index in [0.717, 1.165) is 32.1 Å². The highest BCUT2D eigenvalue weighted by molar-refractivity contribution is 5.78. The molecule has 4 aromatic rings. The third-order valence-electron chi connectivity index (χ3n) is 8.33. The highest BCUT2D eigenvalue weighted by Gasteiger charge is 2.17. The lowest BCUT2D eigenvalue weighted by Crippen LogP contribution is -2.06. The maximum absolute atomic E-state index is 9.48. The average Bonchev–Trinajstić information content (AvgIpc) is 3.12. The molecular formula is C43H48O4. The number of aryl methyl sites for hydroxylation is 3. The van der Waals surface area contributed by atoms with Crippen molar-refractivity contribution < 1.29 is 19.4 Å². The Hall–Kier alpha value is -4.64. The fraction of sp³-hybridized carbons (Fsp3) is 0.256. The van der Waals surface area contributed by atoms with Crippen LogP contribution in [-0.4, -0.2) is 38.5 Å². The van der Waals surface area contributed by atoms with E-state index in [4.69, 9.17) is 14.6 Å². The van der Waals surface area contributed by atoms with Gasteiger partial charge in [-0.3, -0.25) is 4.79 Å². The number of hydrogen-bond donors (Lipinski definition) is 1. The summed E-state index contributed by atoms with van der Waals surface area (Å²) in [5, 5.41) is 8.00. The second-order valence-electron chi connectivity index (χ2n) is 11.9. The van der Waals surface area contributed by atoms with E-state index in [0.29, 0.717) is 18.8 Å². The Morgan fingerprint density at radius 3 is 1.87 bits per heavy atom. The summed E-state index contributed by atoms with van der Waals surface area (Å²) in [6, 6.07) is 32.0. The van der Waals surface area contributed by atoms with Gasteiger partial charge in [0.2, 0.25) is 0 Å². The zero-order chi connectivity index (χ0) is 34.2. The number of carbonyl (C=O) groups is 2. The molecule has 0 radical (unpaired) electrons. The first-order valence-electron chi connectivity index (χ1n) is 16.1. The van der Waals surface area contributed by atoms with E-state index in [1.165, 1.54) is 61.2 Å². The first-order valence-corrected chi connectivity index (χ1v) is 16.1. The second kappa shape index (κ2) is 19.1. The number of ether oxygens (including phenoxy) is 1. The van der Waals surface area contributed by atoms with Crippen molar-refractivity contribution in [2.45, 2.75) is 51.9 Å². The van der Waals surface area contributed by atoms with Gasteiger partial charge < -0.3 is 14.6 Å². The van der Waals surface area contributed by atoms with Crippen molar-refractivity contribution in [3.05, 3.63) is 144 Å². The molecule has 0 amide bonds. The second-order valence-corrected chi connectivity index (χ2v) is 11.9. The Morgan fingerprint density at radius 2 is 1.36 bits per heavy atom. The number of aldehydes is 1. The Balaban J connectivity index is 0.000000676. The van der Waals surface area contributed by atoms with Gasteiger partial charge in [-0.05, 0) is 102 Å². The summed E-state index contributed by atoms with van der Waals surface area (Å²) in [6.45, 7) is 13.9. The van der Waals surface area contributed by atoms with E-state index in [1.54, 1.807) is 7.11 Å². The normalized spacial score (nSPS) is 12.0. The smallest absolute Gasteiger partial charge is 0.147 e. The summed E-state index contributed by atoms with van der Waals surface area (Å²) in [4.78, 5) is 17.5. The summed E-state index contributed by atoms with van der Waals surface area (Å²) in [5.41, 5.74) is 15.0. The number of carbonyl (C=O) groups excluding carboxylic acids is 2. The Bertz CT molecular complexity index is 1640. The molecule has 4 aromatic carbocycles. The van der Waals surface area contributed by atoms with Crippen LogP contribution in [0.2, 0.25) is 0 Å². The van der Waals surface area contributed by atoms with Gasteiger partial charge in [0.15, 0.2) is 0 Å². The molecular weight excluding hydrogens is 580 g/mol. The Labute approximate surface area is 281 Å². The number of fused-ring (bicyclic) bond motifs is 3. The lowest BCUT2D eigenvalue weighted by atomic mass is 9.83. The molecule has 1 unspecified atom stereocenters. The SMILES string of the molecule is C=C(C)CC(COC)c1ccc(-c2ccc(-c3ccc4c(c3)CCc3cc(CC/C=C/C)ccc3-4)cc2)cc1.C=C(C=O)CO.C=O. The van der Waals surface area contributed by atoms with Crippen LogP contribution in [0.3, 0.4) is 0 Å². The van der Waals surface area contributed by atoms with Crippen molar-refractivity contribution in [3.8, 4) is 33.4 Å². The third-order valence-corrected chi connectivity index (χ3v) is 8.33. The van der Waals surface area contributed by atoms with Gasteiger partial charge in [0, 0.05) is 18.6 Å². The standard InChI is InChI=1S/C38H40O.C4H6O2.CH2O/c1-5-6-7-8-28-9-21-37-34(24-28)18-19-35-25-33(20-22-38(35)37)31-14-10-29(11-15-31)30-12-16-32(17-13-30)36(26-39-4)23-27(2)3;1-4(2-5)3-6;1-2/h5-6,9-17,20-22,24-25,36H,2,7-8,18-19,23,26H2,1,3-4H3;2,6H,1,3H2;1H2/b6-5+;;. The fourth-order valence-electron chi connectivity index (χ4n) is 5.94. The summed E-state index contributed by atoms with van der Waals surface area (Å²) in [6.07, 6.45) is 10.3. The molecule has 1 aliphatic carbocycles. The number of rotatable bonds is 12. The molecule has 1 N–H and O–H groups in total. The van der Waals surface area contributed by atoms with E-state index in [2.05, 4.69) is 124 Å². The van der Waals surface area contributed by atoms with Gasteiger partial charge in [0.25, 0.3) is 0 Å². The van der Waals surface area contributed by atoms with Crippen molar-refractivity contribution in [1.29, 1.82) is 0 Å². The Kier molecular flexibility index (Phi) is 15.0. The number of aliphatic hydroxyl groups excluding tert-OH is 1. The summed E-state index contributed by atoms with van der Waals surface area (Å²) < 4.78 is 5.46. The first-order chi connectivity index (χ1) is 22.9. The average molecular weight is 629 g/mol. The van der Waals surface area contributed by atoms with Gasteiger partial charge in [-0.15, -0.1) is 6.58 Å². The van der Waals surface area contributed by atoms with Crippen molar-refractivity contribution in [3.63, 3.8) is 0 Å². The maximum atomic E-state index is 9.48. The van der Waals surface area contributed by atoms with E-state index < -0.39 is 0 Å². The van der Waals surface area contributed by atoms with Crippen LogP contribution in [0.4, 0.5) is 0 Å². The molecule has 0 aromatic heterocycles.